The topological polar surface area (TPSA) is 3.24 Å². The fourth-order valence-corrected chi connectivity index (χ4v) is 10.3. The lowest BCUT2D eigenvalue weighted by Crippen LogP contribution is -2.15. The third kappa shape index (κ3) is 5.99. The van der Waals surface area contributed by atoms with Gasteiger partial charge in [0.15, 0.2) is 0 Å². The summed E-state index contributed by atoms with van der Waals surface area (Å²) < 4.78 is 0. The second kappa shape index (κ2) is 14.2. The van der Waals surface area contributed by atoms with Gasteiger partial charge >= 0.3 is 0 Å². The number of fused-ring (bicyclic) bond motifs is 6. The third-order valence-corrected chi connectivity index (χ3v) is 13.5. The van der Waals surface area contributed by atoms with Gasteiger partial charge in [-0.2, -0.15) is 0 Å². The first-order valence-electron chi connectivity index (χ1n) is 21.5. The first-order valence-corrected chi connectivity index (χ1v) is 21.5. The molecule has 1 nitrogen and oxygen atoms in total. The summed E-state index contributed by atoms with van der Waals surface area (Å²) in [4.78, 5) is 2.44. The molecule has 0 spiro atoms. The maximum atomic E-state index is 2.44. The highest BCUT2D eigenvalue weighted by Gasteiger charge is 2.37. The molecule has 292 valence electrons. The van der Waals surface area contributed by atoms with Crippen LogP contribution < -0.4 is 4.90 Å². The van der Waals surface area contributed by atoms with Crippen LogP contribution in [0, 0.1) is 0 Å². The van der Waals surface area contributed by atoms with Crippen molar-refractivity contribution in [2.75, 3.05) is 4.90 Å². The van der Waals surface area contributed by atoms with E-state index in [0.29, 0.717) is 0 Å². The monoisotopic (exact) mass is 781 g/mol. The van der Waals surface area contributed by atoms with E-state index in [2.05, 4.69) is 245 Å². The largest absolute Gasteiger partial charge is 0.310 e. The van der Waals surface area contributed by atoms with Gasteiger partial charge in [-0.05, 0) is 120 Å². The Morgan fingerprint density at radius 3 is 1.33 bits per heavy atom. The van der Waals surface area contributed by atoms with Crippen LogP contribution in [0.4, 0.5) is 17.1 Å². The number of benzene rings is 9. The molecule has 0 saturated carbocycles. The molecule has 0 radical (unpaired) electrons. The Bertz CT molecular complexity index is 3100. The van der Waals surface area contributed by atoms with Crippen molar-refractivity contribution in [3.63, 3.8) is 0 Å². The van der Waals surface area contributed by atoms with Crippen molar-refractivity contribution in [3.05, 3.63) is 235 Å². The van der Waals surface area contributed by atoms with Crippen LogP contribution in [-0.2, 0) is 10.8 Å². The molecule has 0 saturated heterocycles. The van der Waals surface area contributed by atoms with Crippen LogP contribution in [-0.4, -0.2) is 0 Å². The van der Waals surface area contributed by atoms with Crippen LogP contribution in [0.3, 0.4) is 0 Å². The SMILES string of the molecule is CC1(C)c2ccccc2-c2ccc(-c3ccc(N(c4ccc(-c5ccc(-c6ccccc6)cc5)cc4)c4ccccc4-c4cccc5c4-c4ccccc4C5(C)C)cc3)cc21. The van der Waals surface area contributed by atoms with E-state index in [9.17, 15) is 0 Å². The minimum absolute atomic E-state index is 0.0498. The zero-order valence-electron chi connectivity index (χ0n) is 35.2. The van der Waals surface area contributed by atoms with Crippen LogP contribution in [0.2, 0.25) is 0 Å². The molecule has 0 bridgehead atoms. The molecule has 0 atom stereocenters. The zero-order valence-corrected chi connectivity index (χ0v) is 35.2. The first kappa shape index (κ1) is 36.8. The van der Waals surface area contributed by atoms with Crippen LogP contribution in [0.25, 0.3) is 66.8 Å². The molecule has 0 fully saturated rings. The van der Waals surface area contributed by atoms with Gasteiger partial charge in [0.2, 0.25) is 0 Å². The van der Waals surface area contributed by atoms with E-state index >= 15 is 0 Å². The van der Waals surface area contributed by atoms with Crippen molar-refractivity contribution >= 4 is 17.1 Å². The normalized spacial score (nSPS) is 13.8. The summed E-state index contributed by atoms with van der Waals surface area (Å²) >= 11 is 0. The van der Waals surface area contributed by atoms with Gasteiger partial charge in [0.25, 0.3) is 0 Å². The summed E-state index contributed by atoms with van der Waals surface area (Å²) in [5.41, 5.74) is 23.9. The van der Waals surface area contributed by atoms with Crippen molar-refractivity contribution < 1.29 is 0 Å². The quantitative estimate of drug-likeness (QED) is 0.156. The van der Waals surface area contributed by atoms with Gasteiger partial charge in [0.1, 0.15) is 0 Å². The molecule has 2 aliphatic carbocycles. The van der Waals surface area contributed by atoms with Gasteiger partial charge in [-0.25, -0.2) is 0 Å². The number of para-hydroxylation sites is 1. The van der Waals surface area contributed by atoms with Crippen LogP contribution in [0.15, 0.2) is 212 Å². The summed E-state index contributed by atoms with van der Waals surface area (Å²) in [6.45, 7) is 9.43. The standard InChI is InChI=1S/C60H47N/c1-59(2)54-22-12-9-19-52(54)58-51(20-14-23-55(58)59)50-18-10-13-24-57(50)61(46-34-29-43(30-35-46)42-27-25-41(26-28-42)40-15-6-5-7-16-40)47-36-31-44(32-37-47)45-33-38-49-48-17-8-11-21-53(48)60(3,4)56(49)39-45/h5-39H,1-4H3. The molecule has 0 N–H and O–H groups in total. The number of hydrogen-bond acceptors (Lipinski definition) is 1. The molecule has 0 amide bonds. The number of anilines is 3. The van der Waals surface area contributed by atoms with Crippen molar-refractivity contribution in [1.82, 2.24) is 0 Å². The van der Waals surface area contributed by atoms with Crippen LogP contribution in [0.5, 0.6) is 0 Å². The molecular weight excluding hydrogens is 735 g/mol. The third-order valence-electron chi connectivity index (χ3n) is 13.5. The minimum Gasteiger partial charge on any atom is -0.310 e. The zero-order chi connectivity index (χ0) is 41.3. The Morgan fingerprint density at radius 1 is 0.279 bits per heavy atom. The molecule has 0 heterocycles. The number of nitrogens with zero attached hydrogens (tertiary/aromatic N) is 1. The predicted molar refractivity (Wildman–Crippen MR) is 258 cm³/mol. The highest BCUT2D eigenvalue weighted by molar-refractivity contribution is 5.98. The van der Waals surface area contributed by atoms with Crippen molar-refractivity contribution in [3.8, 4) is 66.8 Å². The lowest BCUT2D eigenvalue weighted by atomic mass is 9.81. The molecule has 11 rings (SSSR count). The van der Waals surface area contributed by atoms with Gasteiger partial charge in [-0.3, -0.25) is 0 Å². The smallest absolute Gasteiger partial charge is 0.0540 e. The summed E-state index contributed by atoms with van der Waals surface area (Å²) in [7, 11) is 0. The van der Waals surface area contributed by atoms with Crippen molar-refractivity contribution in [1.29, 1.82) is 0 Å². The number of hydrogen-bond donors (Lipinski definition) is 0. The van der Waals surface area contributed by atoms with E-state index < -0.39 is 0 Å². The summed E-state index contributed by atoms with van der Waals surface area (Å²) in [6, 6.07) is 78.4. The molecule has 1 heteroatoms. The van der Waals surface area contributed by atoms with E-state index in [0.717, 1.165) is 17.1 Å². The van der Waals surface area contributed by atoms with E-state index in [1.807, 2.05) is 0 Å². The molecule has 0 unspecified atom stereocenters. The molecule has 9 aromatic carbocycles. The Labute approximate surface area is 360 Å². The highest BCUT2D eigenvalue weighted by Crippen LogP contribution is 2.54. The molecule has 0 aliphatic heterocycles. The van der Waals surface area contributed by atoms with Gasteiger partial charge in [-0.1, -0.05) is 204 Å². The van der Waals surface area contributed by atoms with E-state index in [4.69, 9.17) is 0 Å². The summed E-state index contributed by atoms with van der Waals surface area (Å²) in [5.74, 6) is 0. The lowest BCUT2D eigenvalue weighted by Gasteiger charge is -2.29. The first-order chi connectivity index (χ1) is 29.8. The molecular formula is C60H47N. The molecule has 2 aliphatic rings. The van der Waals surface area contributed by atoms with Crippen molar-refractivity contribution in [2.45, 2.75) is 38.5 Å². The second-order valence-corrected chi connectivity index (χ2v) is 17.7. The Hall–Kier alpha value is -7.22. The highest BCUT2D eigenvalue weighted by atomic mass is 15.1. The summed E-state index contributed by atoms with van der Waals surface area (Å²) in [5, 5.41) is 0. The average Bonchev–Trinajstić information content (AvgIpc) is 3.69. The predicted octanol–water partition coefficient (Wildman–Crippen LogP) is 16.4. The van der Waals surface area contributed by atoms with Gasteiger partial charge in [0.05, 0.1) is 5.69 Å². The van der Waals surface area contributed by atoms with Crippen LogP contribution in [0.1, 0.15) is 49.9 Å². The average molecular weight is 782 g/mol. The molecule has 0 aromatic heterocycles. The maximum absolute atomic E-state index is 2.44. The van der Waals surface area contributed by atoms with E-state index in [1.54, 1.807) is 0 Å². The molecule has 61 heavy (non-hydrogen) atoms. The van der Waals surface area contributed by atoms with E-state index in [1.165, 1.54) is 89.0 Å². The molecule has 9 aromatic rings. The Morgan fingerprint density at radius 2 is 0.689 bits per heavy atom. The Kier molecular flexibility index (Phi) is 8.58. The Balaban J connectivity index is 1.02. The maximum Gasteiger partial charge on any atom is 0.0540 e. The fourth-order valence-electron chi connectivity index (χ4n) is 10.3. The minimum atomic E-state index is -0.0862. The lowest BCUT2D eigenvalue weighted by molar-refractivity contribution is 0.660. The van der Waals surface area contributed by atoms with Gasteiger partial charge in [0, 0.05) is 27.8 Å². The van der Waals surface area contributed by atoms with E-state index in [-0.39, 0.29) is 10.8 Å². The number of rotatable bonds is 7. The van der Waals surface area contributed by atoms with Gasteiger partial charge < -0.3 is 4.90 Å². The summed E-state index contributed by atoms with van der Waals surface area (Å²) in [6.07, 6.45) is 0. The van der Waals surface area contributed by atoms with Crippen LogP contribution >= 0.6 is 0 Å². The van der Waals surface area contributed by atoms with Gasteiger partial charge in [-0.15, -0.1) is 0 Å². The van der Waals surface area contributed by atoms with Crippen molar-refractivity contribution in [2.24, 2.45) is 0 Å². The fraction of sp³-hybridized carbons (Fsp3) is 0.100. The second-order valence-electron chi connectivity index (χ2n) is 17.7.